The van der Waals surface area contributed by atoms with Gasteiger partial charge in [-0.2, -0.15) is 0 Å². The molecular formula is C14H22N2O3. The Labute approximate surface area is 113 Å². The topological polar surface area (TPSA) is 85.3 Å². The lowest BCUT2D eigenvalue weighted by atomic mass is 10.1. The summed E-state index contributed by atoms with van der Waals surface area (Å²) >= 11 is 0. The van der Waals surface area contributed by atoms with E-state index in [0.29, 0.717) is 6.41 Å². The summed E-state index contributed by atoms with van der Waals surface area (Å²) in [6.07, 6.45) is 1.37. The highest BCUT2D eigenvalue weighted by molar-refractivity contribution is 5.86. The van der Waals surface area contributed by atoms with Gasteiger partial charge in [0.15, 0.2) is 5.88 Å². The van der Waals surface area contributed by atoms with Gasteiger partial charge >= 0.3 is 0 Å². The molecule has 1 aromatic heterocycles. The molecule has 19 heavy (non-hydrogen) atoms. The molecule has 0 fully saturated rings. The Hall–Kier alpha value is -2.17. The van der Waals surface area contributed by atoms with Crippen LogP contribution >= 0.6 is 0 Å². The second kappa shape index (κ2) is 8.85. The van der Waals surface area contributed by atoms with Gasteiger partial charge in [-0.15, -0.1) is 0 Å². The van der Waals surface area contributed by atoms with Crippen LogP contribution in [-0.2, 0) is 11.2 Å². The van der Waals surface area contributed by atoms with Gasteiger partial charge in [0.1, 0.15) is 5.75 Å². The summed E-state index contributed by atoms with van der Waals surface area (Å²) in [7, 11) is 1.56. The molecule has 0 aliphatic rings. The van der Waals surface area contributed by atoms with Gasteiger partial charge in [0, 0.05) is 23.5 Å². The molecule has 0 bridgehead atoms. The lowest BCUT2D eigenvalue weighted by Crippen LogP contribution is -1.98. The molecule has 5 heteroatoms. The molecule has 0 radical (unpaired) electrons. The van der Waals surface area contributed by atoms with Gasteiger partial charge in [-0.05, 0) is 24.6 Å². The molecule has 2 aromatic rings. The maximum atomic E-state index is 9.49. The van der Waals surface area contributed by atoms with Gasteiger partial charge in [0.2, 0.25) is 6.41 Å². The number of fused-ring (bicyclic) bond motifs is 1. The fourth-order valence-corrected chi connectivity index (χ4v) is 1.58. The molecule has 1 heterocycles. The summed E-state index contributed by atoms with van der Waals surface area (Å²) < 4.78 is 0. The Morgan fingerprint density at radius 3 is 2.37 bits per heavy atom. The minimum atomic E-state index is 0.197. The zero-order valence-electron chi connectivity index (χ0n) is 11.8. The molecule has 0 aliphatic heterocycles. The molecule has 1 aromatic carbocycles. The Morgan fingerprint density at radius 2 is 1.89 bits per heavy atom. The van der Waals surface area contributed by atoms with Gasteiger partial charge in [-0.3, -0.25) is 4.79 Å². The third-order valence-electron chi connectivity index (χ3n) is 2.34. The number of H-pyrrole nitrogens is 1. The number of phenolic OH excluding ortho intramolecular Hbond substituents is 1. The zero-order valence-corrected chi connectivity index (χ0v) is 11.8. The number of phenols is 1. The first-order chi connectivity index (χ1) is 9.13. The van der Waals surface area contributed by atoms with Crippen LogP contribution in [0.3, 0.4) is 0 Å². The predicted molar refractivity (Wildman–Crippen MR) is 77.5 cm³/mol. The molecule has 106 valence electrons. The number of hydrogen-bond donors (Lipinski definition) is 4. The normalized spacial score (nSPS) is 8.84. The third kappa shape index (κ3) is 4.54. The number of rotatable bonds is 2. The number of amides is 1. The van der Waals surface area contributed by atoms with Crippen LogP contribution in [0.4, 0.5) is 0 Å². The Balaban J connectivity index is 0.000000467. The van der Waals surface area contributed by atoms with Crippen molar-refractivity contribution in [3.05, 3.63) is 23.8 Å². The molecule has 0 saturated heterocycles. The maximum Gasteiger partial charge on any atom is 0.206 e. The van der Waals surface area contributed by atoms with Crippen LogP contribution in [0.1, 0.15) is 26.3 Å². The minimum absolute atomic E-state index is 0.197. The van der Waals surface area contributed by atoms with Crippen LogP contribution in [0.5, 0.6) is 11.6 Å². The van der Waals surface area contributed by atoms with Crippen LogP contribution in [0.25, 0.3) is 10.9 Å². The van der Waals surface area contributed by atoms with E-state index in [1.807, 2.05) is 20.8 Å². The molecular weight excluding hydrogens is 244 g/mol. The Kier molecular flexibility index (Phi) is 7.84. The van der Waals surface area contributed by atoms with Crippen molar-refractivity contribution in [3.8, 4) is 11.6 Å². The Morgan fingerprint density at radius 1 is 1.32 bits per heavy atom. The summed E-state index contributed by atoms with van der Waals surface area (Å²) in [4.78, 5) is 11.9. The van der Waals surface area contributed by atoms with Crippen molar-refractivity contribution >= 4 is 17.3 Å². The molecule has 0 aliphatic carbocycles. The molecule has 5 nitrogen and oxygen atoms in total. The number of carbonyl (C=O) groups is 1. The first-order valence-corrected chi connectivity index (χ1v) is 6.27. The number of hydrogen-bond acceptors (Lipinski definition) is 3. The molecule has 4 N–H and O–H groups in total. The van der Waals surface area contributed by atoms with Crippen molar-refractivity contribution in [1.29, 1.82) is 0 Å². The van der Waals surface area contributed by atoms with Gasteiger partial charge in [0.05, 0.1) is 0 Å². The zero-order chi connectivity index (χ0) is 14.8. The smallest absolute Gasteiger partial charge is 0.206 e. The van der Waals surface area contributed by atoms with E-state index in [1.54, 1.807) is 25.2 Å². The summed E-state index contributed by atoms with van der Waals surface area (Å²) in [6.45, 7) is 5.96. The number of aromatic nitrogens is 1. The van der Waals surface area contributed by atoms with E-state index >= 15 is 0 Å². The average molecular weight is 266 g/mol. The highest BCUT2D eigenvalue weighted by Gasteiger charge is 2.08. The predicted octanol–water partition coefficient (Wildman–Crippen LogP) is 2.53. The number of benzene rings is 1. The second-order valence-electron chi connectivity index (χ2n) is 3.44. The summed E-state index contributed by atoms with van der Waals surface area (Å²) in [5.74, 6) is 0.421. The van der Waals surface area contributed by atoms with E-state index < -0.39 is 0 Å². The maximum absolute atomic E-state index is 9.49. The van der Waals surface area contributed by atoms with Crippen molar-refractivity contribution in [3.63, 3.8) is 0 Å². The van der Waals surface area contributed by atoms with Crippen LogP contribution in [-0.4, -0.2) is 28.7 Å². The largest absolute Gasteiger partial charge is 0.508 e. The number of aromatic hydroxyl groups is 2. The van der Waals surface area contributed by atoms with Crippen molar-refractivity contribution in [2.45, 2.75) is 27.2 Å². The summed E-state index contributed by atoms with van der Waals surface area (Å²) in [5, 5.41) is 21.9. The molecule has 0 unspecified atom stereocenters. The molecule has 0 atom stereocenters. The van der Waals surface area contributed by atoms with E-state index in [4.69, 9.17) is 4.79 Å². The van der Waals surface area contributed by atoms with Gasteiger partial charge in [-0.25, -0.2) is 0 Å². The first-order valence-electron chi connectivity index (χ1n) is 6.27. The fourth-order valence-electron chi connectivity index (χ4n) is 1.58. The van der Waals surface area contributed by atoms with Crippen molar-refractivity contribution in [2.75, 3.05) is 7.05 Å². The standard InChI is InChI=1S/C10H11NO2.C2H5NO.C2H6/c1-2-7-8-5-6(12)3-4-9(8)11-10(7)13;1-3-2-4;1-2/h3-5,11-13H,2H2,1H3;2H,1H3,(H,3,4);1-2H3. The van der Waals surface area contributed by atoms with Crippen molar-refractivity contribution in [1.82, 2.24) is 10.3 Å². The van der Waals surface area contributed by atoms with Gasteiger partial charge in [-0.1, -0.05) is 20.8 Å². The number of nitrogens with one attached hydrogen (secondary N) is 2. The van der Waals surface area contributed by atoms with E-state index in [-0.39, 0.29) is 11.6 Å². The van der Waals surface area contributed by atoms with Crippen LogP contribution < -0.4 is 5.32 Å². The van der Waals surface area contributed by atoms with E-state index in [0.717, 1.165) is 22.9 Å². The minimum Gasteiger partial charge on any atom is -0.508 e. The number of carbonyl (C=O) groups excluding carboxylic acids is 1. The van der Waals surface area contributed by atoms with E-state index in [1.165, 1.54) is 0 Å². The quantitative estimate of drug-likeness (QED) is 0.630. The van der Waals surface area contributed by atoms with Crippen molar-refractivity contribution in [2.24, 2.45) is 0 Å². The van der Waals surface area contributed by atoms with E-state index in [2.05, 4.69) is 10.3 Å². The van der Waals surface area contributed by atoms with Gasteiger partial charge < -0.3 is 20.5 Å². The summed E-state index contributed by atoms with van der Waals surface area (Å²) in [5.41, 5.74) is 1.71. The SMILES string of the molecule is CC.CCc1c(O)[nH]c2ccc(O)cc12.CNC=O. The Bertz CT molecular complexity index is 507. The monoisotopic (exact) mass is 266 g/mol. The molecule has 2 rings (SSSR count). The first kappa shape index (κ1) is 16.8. The fraction of sp³-hybridized carbons (Fsp3) is 0.357. The van der Waals surface area contributed by atoms with Crippen molar-refractivity contribution < 1.29 is 15.0 Å². The second-order valence-corrected chi connectivity index (χ2v) is 3.44. The highest BCUT2D eigenvalue weighted by atomic mass is 16.3. The molecule has 0 spiro atoms. The van der Waals surface area contributed by atoms with Gasteiger partial charge in [0.25, 0.3) is 0 Å². The third-order valence-corrected chi connectivity index (χ3v) is 2.34. The number of aryl methyl sites for hydroxylation is 1. The van der Waals surface area contributed by atoms with Crippen LogP contribution in [0, 0.1) is 0 Å². The van der Waals surface area contributed by atoms with Crippen LogP contribution in [0.15, 0.2) is 18.2 Å². The lowest BCUT2D eigenvalue weighted by Gasteiger charge is -1.94. The van der Waals surface area contributed by atoms with E-state index in [9.17, 15) is 10.2 Å². The number of aromatic amines is 1. The highest BCUT2D eigenvalue weighted by Crippen LogP contribution is 2.29. The lowest BCUT2D eigenvalue weighted by molar-refractivity contribution is -0.109. The molecule has 0 saturated carbocycles. The molecule has 1 amide bonds. The summed E-state index contributed by atoms with van der Waals surface area (Å²) in [6, 6.07) is 5.01. The van der Waals surface area contributed by atoms with Crippen LogP contribution in [0.2, 0.25) is 0 Å². The average Bonchev–Trinajstić information content (AvgIpc) is 2.76.